The van der Waals surface area contributed by atoms with E-state index in [1.165, 1.54) is 19.3 Å². The van der Waals surface area contributed by atoms with Gasteiger partial charge in [-0.1, -0.05) is 0 Å². The van der Waals surface area contributed by atoms with Gasteiger partial charge in [0.2, 0.25) is 0 Å². The van der Waals surface area contributed by atoms with E-state index in [0.717, 1.165) is 13.1 Å². The van der Waals surface area contributed by atoms with Crippen molar-refractivity contribution in [2.24, 2.45) is 10.7 Å². The fourth-order valence-electron chi connectivity index (χ4n) is 1.87. The SMILES string of the molecule is CC(C)(C)OC(=O)NCCN=C(N)N1CCCCC1.I. The average Bonchev–Trinajstić information content (AvgIpc) is 2.33. The molecule has 6 nitrogen and oxygen atoms in total. The number of carbonyl (C=O) groups excluding carboxylic acids is 1. The number of aliphatic imine (C=N–C) groups is 1. The van der Waals surface area contributed by atoms with Crippen molar-refractivity contribution in [1.29, 1.82) is 0 Å². The highest BCUT2D eigenvalue weighted by Gasteiger charge is 2.15. The second kappa shape index (κ2) is 9.25. The number of halogens is 1. The molecule has 0 atom stereocenters. The van der Waals surface area contributed by atoms with Crippen molar-refractivity contribution in [3.05, 3.63) is 0 Å². The molecule has 1 heterocycles. The lowest BCUT2D eigenvalue weighted by Crippen LogP contribution is -2.41. The van der Waals surface area contributed by atoms with Crippen molar-refractivity contribution < 1.29 is 9.53 Å². The monoisotopic (exact) mass is 398 g/mol. The summed E-state index contributed by atoms with van der Waals surface area (Å²) in [6.45, 7) is 8.37. The van der Waals surface area contributed by atoms with Crippen LogP contribution in [-0.2, 0) is 4.74 Å². The molecule has 0 radical (unpaired) electrons. The highest BCUT2D eigenvalue weighted by molar-refractivity contribution is 14.0. The Balaban J connectivity index is 0.00000361. The second-order valence-corrected chi connectivity index (χ2v) is 5.72. The number of hydrogen-bond donors (Lipinski definition) is 2. The van der Waals surface area contributed by atoms with E-state index in [4.69, 9.17) is 10.5 Å². The van der Waals surface area contributed by atoms with Crippen molar-refractivity contribution >= 4 is 36.0 Å². The van der Waals surface area contributed by atoms with Crippen LogP contribution in [0, 0.1) is 0 Å². The fourth-order valence-corrected chi connectivity index (χ4v) is 1.87. The minimum atomic E-state index is -0.472. The lowest BCUT2D eigenvalue weighted by atomic mass is 10.1. The molecule has 118 valence electrons. The molecule has 20 heavy (non-hydrogen) atoms. The van der Waals surface area contributed by atoms with Crippen molar-refractivity contribution in [2.45, 2.75) is 45.6 Å². The van der Waals surface area contributed by atoms with Crippen LogP contribution in [0.5, 0.6) is 0 Å². The Bertz CT molecular complexity index is 323. The van der Waals surface area contributed by atoms with Gasteiger partial charge in [0.15, 0.2) is 5.96 Å². The summed E-state index contributed by atoms with van der Waals surface area (Å²) >= 11 is 0. The van der Waals surface area contributed by atoms with E-state index in [1.54, 1.807) is 0 Å². The molecule has 0 spiro atoms. The zero-order chi connectivity index (χ0) is 14.3. The Labute approximate surface area is 138 Å². The molecule has 1 fully saturated rings. The minimum absolute atomic E-state index is 0. The summed E-state index contributed by atoms with van der Waals surface area (Å²) in [7, 11) is 0. The molecule has 1 amide bonds. The van der Waals surface area contributed by atoms with Gasteiger partial charge in [0.05, 0.1) is 6.54 Å². The van der Waals surface area contributed by atoms with E-state index in [9.17, 15) is 4.79 Å². The van der Waals surface area contributed by atoms with Gasteiger partial charge in [-0.05, 0) is 40.0 Å². The van der Waals surface area contributed by atoms with Gasteiger partial charge in [-0.15, -0.1) is 24.0 Å². The first-order chi connectivity index (χ1) is 8.88. The van der Waals surface area contributed by atoms with Crippen LogP contribution in [-0.4, -0.2) is 48.7 Å². The van der Waals surface area contributed by atoms with Gasteiger partial charge < -0.3 is 20.7 Å². The van der Waals surface area contributed by atoms with Crippen LogP contribution in [0.1, 0.15) is 40.0 Å². The number of guanidine groups is 1. The molecule has 1 saturated heterocycles. The molecule has 7 heteroatoms. The van der Waals surface area contributed by atoms with Crippen LogP contribution < -0.4 is 11.1 Å². The number of carbonyl (C=O) groups is 1. The van der Waals surface area contributed by atoms with Crippen molar-refractivity contribution in [3.8, 4) is 0 Å². The normalized spacial score (nSPS) is 16.4. The van der Waals surface area contributed by atoms with Gasteiger partial charge in [-0.2, -0.15) is 0 Å². The highest BCUT2D eigenvalue weighted by atomic mass is 127. The number of nitrogens with zero attached hydrogens (tertiary/aromatic N) is 2. The summed E-state index contributed by atoms with van der Waals surface area (Å²) in [5.74, 6) is 0.575. The van der Waals surface area contributed by atoms with Crippen LogP contribution in [0.3, 0.4) is 0 Å². The number of rotatable bonds is 3. The summed E-state index contributed by atoms with van der Waals surface area (Å²) in [5, 5.41) is 2.66. The van der Waals surface area contributed by atoms with Crippen molar-refractivity contribution in [3.63, 3.8) is 0 Å². The zero-order valence-electron chi connectivity index (χ0n) is 12.6. The molecular formula is C13H27IN4O2. The molecule has 0 unspecified atom stereocenters. The number of piperidine rings is 1. The summed E-state index contributed by atoms with van der Waals surface area (Å²) in [6.07, 6.45) is 3.20. The Morgan fingerprint density at radius 2 is 1.90 bits per heavy atom. The number of ether oxygens (including phenoxy) is 1. The number of hydrogen-bond acceptors (Lipinski definition) is 3. The van der Waals surface area contributed by atoms with Gasteiger partial charge >= 0.3 is 6.09 Å². The summed E-state index contributed by atoms with van der Waals surface area (Å²) in [6, 6.07) is 0. The quantitative estimate of drug-likeness (QED) is 0.330. The molecule has 0 aliphatic carbocycles. The zero-order valence-corrected chi connectivity index (χ0v) is 15.0. The van der Waals surface area contributed by atoms with Gasteiger partial charge in [0, 0.05) is 19.6 Å². The predicted octanol–water partition coefficient (Wildman–Crippen LogP) is 1.93. The van der Waals surface area contributed by atoms with E-state index in [2.05, 4.69) is 15.2 Å². The molecule has 0 aromatic heterocycles. The third-order valence-corrected chi connectivity index (χ3v) is 2.73. The predicted molar refractivity (Wildman–Crippen MR) is 91.6 cm³/mol. The van der Waals surface area contributed by atoms with Gasteiger partial charge in [0.25, 0.3) is 0 Å². The lowest BCUT2D eigenvalue weighted by Gasteiger charge is -2.27. The fraction of sp³-hybridized carbons (Fsp3) is 0.846. The maximum absolute atomic E-state index is 11.4. The molecule has 1 rings (SSSR count). The summed E-state index contributed by atoms with van der Waals surface area (Å²) in [5.41, 5.74) is 5.43. The van der Waals surface area contributed by atoms with Crippen LogP contribution in [0.2, 0.25) is 0 Å². The number of nitrogens with two attached hydrogens (primary N) is 1. The molecule has 0 saturated carbocycles. The molecule has 1 aliphatic rings. The van der Waals surface area contributed by atoms with E-state index in [-0.39, 0.29) is 24.0 Å². The Morgan fingerprint density at radius 1 is 1.30 bits per heavy atom. The van der Waals surface area contributed by atoms with E-state index in [0.29, 0.717) is 19.0 Å². The van der Waals surface area contributed by atoms with E-state index in [1.807, 2.05) is 20.8 Å². The first-order valence-corrected chi connectivity index (χ1v) is 6.90. The molecule has 3 N–H and O–H groups in total. The topological polar surface area (TPSA) is 79.9 Å². The smallest absolute Gasteiger partial charge is 0.407 e. The van der Waals surface area contributed by atoms with E-state index < -0.39 is 11.7 Å². The van der Waals surface area contributed by atoms with Crippen molar-refractivity contribution in [1.82, 2.24) is 10.2 Å². The highest BCUT2D eigenvalue weighted by Crippen LogP contribution is 2.08. The van der Waals surface area contributed by atoms with E-state index >= 15 is 0 Å². The summed E-state index contributed by atoms with van der Waals surface area (Å²) in [4.78, 5) is 17.7. The summed E-state index contributed by atoms with van der Waals surface area (Å²) < 4.78 is 5.12. The largest absolute Gasteiger partial charge is 0.444 e. The standard InChI is InChI=1S/C13H26N4O2.HI/c1-13(2,3)19-12(18)16-8-7-15-11(14)17-9-5-4-6-10-17;/h4-10H2,1-3H3,(H2,14,15)(H,16,18);1H. The van der Waals surface area contributed by atoms with Crippen LogP contribution in [0.25, 0.3) is 0 Å². The molecule has 0 bridgehead atoms. The van der Waals surface area contributed by atoms with Crippen LogP contribution >= 0.6 is 24.0 Å². The number of amides is 1. The van der Waals surface area contributed by atoms with Gasteiger partial charge in [-0.25, -0.2) is 4.79 Å². The average molecular weight is 398 g/mol. The first kappa shape index (κ1) is 19.3. The molecule has 1 aliphatic heterocycles. The first-order valence-electron chi connectivity index (χ1n) is 6.90. The Morgan fingerprint density at radius 3 is 2.45 bits per heavy atom. The van der Waals surface area contributed by atoms with Gasteiger partial charge in [-0.3, -0.25) is 4.99 Å². The van der Waals surface area contributed by atoms with Crippen LogP contribution in [0.15, 0.2) is 4.99 Å². The Hall–Kier alpha value is -0.730. The maximum atomic E-state index is 11.4. The maximum Gasteiger partial charge on any atom is 0.407 e. The number of alkyl carbamates (subject to hydrolysis) is 1. The number of nitrogens with one attached hydrogen (secondary N) is 1. The van der Waals surface area contributed by atoms with Crippen LogP contribution in [0.4, 0.5) is 4.79 Å². The second-order valence-electron chi connectivity index (χ2n) is 5.72. The Kier molecular flexibility index (Phi) is 8.91. The lowest BCUT2D eigenvalue weighted by molar-refractivity contribution is 0.0529. The third kappa shape index (κ3) is 8.44. The molecule has 0 aromatic carbocycles. The molecule has 0 aromatic rings. The van der Waals surface area contributed by atoms with Crippen molar-refractivity contribution in [2.75, 3.05) is 26.2 Å². The van der Waals surface area contributed by atoms with Gasteiger partial charge in [0.1, 0.15) is 5.60 Å². The minimum Gasteiger partial charge on any atom is -0.444 e. The number of likely N-dealkylation sites (tertiary alicyclic amines) is 1. The molecular weight excluding hydrogens is 371 g/mol. The third-order valence-electron chi connectivity index (χ3n) is 2.73.